The molecule has 0 aromatic carbocycles. The molecule has 2 aliphatic rings. The summed E-state index contributed by atoms with van der Waals surface area (Å²) >= 11 is 0. The first-order chi connectivity index (χ1) is 11.4. The van der Waals surface area contributed by atoms with Crippen molar-refractivity contribution >= 4 is 5.82 Å². The molecule has 2 aromatic heterocycles. The number of fused-ring (bicyclic) bond motifs is 1. The molecule has 6 heteroatoms. The average molecular weight is 308 g/mol. The number of hydrogen-bond donors (Lipinski definition) is 0. The Labute approximate surface area is 135 Å². The molecule has 4 rings (SSSR count). The standard InChI is InChI=1S/C17H20N6/c18-11-13-7-8-15(19-12-13)22-9-3-1-5-14(22)17-21-20-16-6-2-4-10-23(16)17/h7-8,12,14H,1-6,9-10H2. The number of piperidine rings is 1. The minimum Gasteiger partial charge on any atom is -0.346 e. The summed E-state index contributed by atoms with van der Waals surface area (Å²) in [6, 6.07) is 6.16. The van der Waals surface area contributed by atoms with E-state index in [0.29, 0.717) is 5.56 Å². The monoisotopic (exact) mass is 308 g/mol. The van der Waals surface area contributed by atoms with Crippen LogP contribution in [0.1, 0.15) is 55.4 Å². The van der Waals surface area contributed by atoms with E-state index in [4.69, 9.17) is 5.26 Å². The molecule has 0 radical (unpaired) electrons. The minimum atomic E-state index is 0.239. The Morgan fingerprint density at radius 3 is 2.83 bits per heavy atom. The lowest BCUT2D eigenvalue weighted by Crippen LogP contribution is -2.36. The second-order valence-electron chi connectivity index (χ2n) is 6.31. The zero-order valence-corrected chi connectivity index (χ0v) is 13.1. The lowest BCUT2D eigenvalue weighted by molar-refractivity contribution is 0.421. The number of aromatic nitrogens is 4. The smallest absolute Gasteiger partial charge is 0.155 e. The highest BCUT2D eigenvalue weighted by Gasteiger charge is 2.30. The molecule has 6 nitrogen and oxygen atoms in total. The summed E-state index contributed by atoms with van der Waals surface area (Å²) in [6.45, 7) is 2.01. The fraction of sp³-hybridized carbons (Fsp3) is 0.529. The summed E-state index contributed by atoms with van der Waals surface area (Å²) in [5, 5.41) is 17.9. The van der Waals surface area contributed by atoms with E-state index in [9.17, 15) is 0 Å². The summed E-state index contributed by atoms with van der Waals surface area (Å²) in [7, 11) is 0. The van der Waals surface area contributed by atoms with Crippen molar-refractivity contribution in [3.63, 3.8) is 0 Å². The van der Waals surface area contributed by atoms with E-state index < -0.39 is 0 Å². The van der Waals surface area contributed by atoms with Crippen LogP contribution in [0.4, 0.5) is 5.82 Å². The Hall–Kier alpha value is -2.42. The molecule has 1 fully saturated rings. The molecule has 2 aliphatic heterocycles. The van der Waals surface area contributed by atoms with Crippen molar-refractivity contribution < 1.29 is 0 Å². The Morgan fingerprint density at radius 1 is 1.09 bits per heavy atom. The highest BCUT2D eigenvalue weighted by atomic mass is 15.3. The second-order valence-corrected chi connectivity index (χ2v) is 6.31. The van der Waals surface area contributed by atoms with Crippen molar-refractivity contribution in [1.29, 1.82) is 5.26 Å². The first kappa shape index (κ1) is 14.2. The highest BCUT2D eigenvalue weighted by molar-refractivity contribution is 5.44. The van der Waals surface area contributed by atoms with Crippen molar-refractivity contribution in [3.8, 4) is 6.07 Å². The molecular weight excluding hydrogens is 288 g/mol. The normalized spacial score (nSPS) is 20.8. The first-order valence-electron chi connectivity index (χ1n) is 8.41. The van der Waals surface area contributed by atoms with E-state index in [1.54, 1.807) is 6.20 Å². The van der Waals surface area contributed by atoms with Crippen LogP contribution >= 0.6 is 0 Å². The fourth-order valence-electron chi connectivity index (χ4n) is 3.67. The number of hydrogen-bond acceptors (Lipinski definition) is 5. The molecule has 0 spiro atoms. The van der Waals surface area contributed by atoms with E-state index in [0.717, 1.165) is 43.4 Å². The van der Waals surface area contributed by atoms with Crippen molar-refractivity contribution in [1.82, 2.24) is 19.7 Å². The SMILES string of the molecule is N#Cc1ccc(N2CCCCC2c2nnc3n2CCCC3)nc1. The van der Waals surface area contributed by atoms with Gasteiger partial charge in [-0.25, -0.2) is 4.98 Å². The predicted octanol–water partition coefficient (Wildman–Crippen LogP) is 2.61. The number of nitrogens with zero attached hydrogens (tertiary/aromatic N) is 6. The number of pyridine rings is 1. The molecule has 0 amide bonds. The Balaban J connectivity index is 1.67. The van der Waals surface area contributed by atoms with Crippen LogP contribution in [0.15, 0.2) is 18.3 Å². The molecule has 1 atom stereocenters. The van der Waals surface area contributed by atoms with E-state index in [1.807, 2.05) is 12.1 Å². The van der Waals surface area contributed by atoms with Gasteiger partial charge in [0.15, 0.2) is 5.82 Å². The van der Waals surface area contributed by atoms with Gasteiger partial charge in [-0.1, -0.05) is 0 Å². The highest BCUT2D eigenvalue weighted by Crippen LogP contribution is 2.34. The zero-order valence-electron chi connectivity index (χ0n) is 13.1. The third-order valence-electron chi connectivity index (χ3n) is 4.86. The van der Waals surface area contributed by atoms with Crippen LogP contribution in [-0.4, -0.2) is 26.3 Å². The van der Waals surface area contributed by atoms with Crippen LogP contribution in [0.2, 0.25) is 0 Å². The molecule has 2 aromatic rings. The van der Waals surface area contributed by atoms with Gasteiger partial charge in [0.2, 0.25) is 0 Å². The third kappa shape index (κ3) is 2.56. The largest absolute Gasteiger partial charge is 0.346 e. The van der Waals surface area contributed by atoms with Gasteiger partial charge in [-0.2, -0.15) is 5.26 Å². The molecular formula is C17H20N6. The fourth-order valence-corrected chi connectivity index (χ4v) is 3.67. The number of aryl methyl sites for hydroxylation is 1. The molecule has 1 unspecified atom stereocenters. The van der Waals surface area contributed by atoms with Crippen LogP contribution in [0.25, 0.3) is 0 Å². The van der Waals surface area contributed by atoms with Crippen LogP contribution in [0.5, 0.6) is 0 Å². The minimum absolute atomic E-state index is 0.239. The van der Waals surface area contributed by atoms with E-state index in [-0.39, 0.29) is 6.04 Å². The molecule has 23 heavy (non-hydrogen) atoms. The van der Waals surface area contributed by atoms with Gasteiger partial charge in [-0.3, -0.25) is 0 Å². The molecule has 0 N–H and O–H groups in total. The second kappa shape index (κ2) is 5.99. The number of nitriles is 1. The van der Waals surface area contributed by atoms with Crippen molar-refractivity contribution in [2.24, 2.45) is 0 Å². The Kier molecular flexibility index (Phi) is 3.70. The maximum atomic E-state index is 8.95. The van der Waals surface area contributed by atoms with Gasteiger partial charge in [-0.15, -0.1) is 10.2 Å². The van der Waals surface area contributed by atoms with Gasteiger partial charge >= 0.3 is 0 Å². The summed E-state index contributed by atoms with van der Waals surface area (Å²) in [6.07, 6.45) is 8.57. The molecule has 1 saturated heterocycles. The van der Waals surface area contributed by atoms with Crippen LogP contribution in [-0.2, 0) is 13.0 Å². The quantitative estimate of drug-likeness (QED) is 0.853. The van der Waals surface area contributed by atoms with Gasteiger partial charge in [0.05, 0.1) is 11.6 Å². The van der Waals surface area contributed by atoms with Gasteiger partial charge in [-0.05, 0) is 44.2 Å². The van der Waals surface area contributed by atoms with Gasteiger partial charge in [0.1, 0.15) is 17.7 Å². The summed E-state index contributed by atoms with van der Waals surface area (Å²) < 4.78 is 2.32. The van der Waals surface area contributed by atoms with Crippen molar-refractivity contribution in [2.75, 3.05) is 11.4 Å². The predicted molar refractivity (Wildman–Crippen MR) is 85.9 cm³/mol. The Bertz CT molecular complexity index is 727. The topological polar surface area (TPSA) is 70.6 Å². The maximum absolute atomic E-state index is 8.95. The Morgan fingerprint density at radius 2 is 2.00 bits per heavy atom. The van der Waals surface area contributed by atoms with E-state index in [1.165, 1.54) is 25.7 Å². The number of rotatable bonds is 2. The molecule has 0 aliphatic carbocycles. The molecule has 4 heterocycles. The average Bonchev–Trinajstić information content (AvgIpc) is 3.06. The van der Waals surface area contributed by atoms with Gasteiger partial charge in [0, 0.05) is 25.7 Å². The van der Waals surface area contributed by atoms with E-state index in [2.05, 4.69) is 30.7 Å². The van der Waals surface area contributed by atoms with Crippen molar-refractivity contribution in [2.45, 2.75) is 51.1 Å². The lowest BCUT2D eigenvalue weighted by Gasteiger charge is -2.36. The van der Waals surface area contributed by atoms with Gasteiger partial charge in [0.25, 0.3) is 0 Å². The first-order valence-corrected chi connectivity index (χ1v) is 8.41. The molecule has 118 valence electrons. The maximum Gasteiger partial charge on any atom is 0.155 e. The summed E-state index contributed by atoms with van der Waals surface area (Å²) in [4.78, 5) is 6.82. The zero-order chi connectivity index (χ0) is 15.6. The summed E-state index contributed by atoms with van der Waals surface area (Å²) in [5.41, 5.74) is 0.599. The van der Waals surface area contributed by atoms with Crippen LogP contribution in [0.3, 0.4) is 0 Å². The van der Waals surface area contributed by atoms with Crippen LogP contribution in [0, 0.1) is 11.3 Å². The third-order valence-corrected chi connectivity index (χ3v) is 4.86. The van der Waals surface area contributed by atoms with Crippen molar-refractivity contribution in [3.05, 3.63) is 35.5 Å². The van der Waals surface area contributed by atoms with E-state index >= 15 is 0 Å². The van der Waals surface area contributed by atoms with Crippen LogP contribution < -0.4 is 4.90 Å². The van der Waals surface area contributed by atoms with Gasteiger partial charge < -0.3 is 9.47 Å². The molecule has 0 bridgehead atoms. The lowest BCUT2D eigenvalue weighted by atomic mass is 10.0. The number of anilines is 1. The molecule has 0 saturated carbocycles. The summed E-state index contributed by atoms with van der Waals surface area (Å²) in [5.74, 6) is 3.15.